The molecule has 0 aromatic carbocycles. The topological polar surface area (TPSA) is 138 Å². The molecule has 2 amide bonds. The highest BCUT2D eigenvalue weighted by atomic mass is 16.2. The lowest BCUT2D eigenvalue weighted by Gasteiger charge is -2.22. The maximum Gasteiger partial charge on any atom is 0.314 e. The molecule has 0 bridgehead atoms. The molecular weight excluding hydrogens is 284 g/mol. The molecule has 8 heteroatoms. The SMILES string of the molecule is CCN(CC(C)C)C(=O)C(=O)Nc1cnc(N)c(C=N)c1N. The van der Waals surface area contributed by atoms with Crippen molar-refractivity contribution in [1.82, 2.24) is 9.88 Å². The largest absolute Gasteiger partial charge is 0.396 e. The van der Waals surface area contributed by atoms with E-state index >= 15 is 0 Å². The Balaban J connectivity index is 2.93. The van der Waals surface area contributed by atoms with Crippen molar-refractivity contribution in [3.05, 3.63) is 11.8 Å². The highest BCUT2D eigenvalue weighted by molar-refractivity contribution is 6.39. The fourth-order valence-corrected chi connectivity index (χ4v) is 1.92. The summed E-state index contributed by atoms with van der Waals surface area (Å²) in [4.78, 5) is 29.5. The van der Waals surface area contributed by atoms with E-state index in [1.165, 1.54) is 11.1 Å². The average Bonchev–Trinajstić information content (AvgIpc) is 2.47. The van der Waals surface area contributed by atoms with Crippen molar-refractivity contribution in [2.24, 2.45) is 5.92 Å². The van der Waals surface area contributed by atoms with Gasteiger partial charge in [-0.25, -0.2) is 4.98 Å². The van der Waals surface area contributed by atoms with Gasteiger partial charge in [-0.1, -0.05) is 13.8 Å². The lowest BCUT2D eigenvalue weighted by atomic mass is 10.2. The van der Waals surface area contributed by atoms with Gasteiger partial charge in [-0.05, 0) is 12.8 Å². The quantitative estimate of drug-likeness (QED) is 0.468. The molecule has 0 saturated carbocycles. The molecule has 22 heavy (non-hydrogen) atoms. The fourth-order valence-electron chi connectivity index (χ4n) is 1.92. The number of hydrogen-bond acceptors (Lipinski definition) is 6. The maximum atomic E-state index is 12.1. The van der Waals surface area contributed by atoms with E-state index in [4.69, 9.17) is 16.9 Å². The van der Waals surface area contributed by atoms with E-state index < -0.39 is 11.8 Å². The van der Waals surface area contributed by atoms with Crippen LogP contribution in [-0.2, 0) is 9.59 Å². The van der Waals surface area contributed by atoms with Gasteiger partial charge in [-0.15, -0.1) is 0 Å². The molecule has 0 aliphatic heterocycles. The van der Waals surface area contributed by atoms with Crippen molar-refractivity contribution < 1.29 is 9.59 Å². The number of likely N-dealkylation sites (N-methyl/N-ethyl adjacent to an activating group) is 1. The van der Waals surface area contributed by atoms with E-state index in [2.05, 4.69) is 10.3 Å². The molecule has 0 saturated heterocycles. The molecule has 0 aliphatic carbocycles. The molecule has 0 spiro atoms. The van der Waals surface area contributed by atoms with Gasteiger partial charge in [0.2, 0.25) is 0 Å². The smallest absolute Gasteiger partial charge is 0.314 e. The molecule has 1 rings (SSSR count). The van der Waals surface area contributed by atoms with Crippen molar-refractivity contribution in [2.45, 2.75) is 20.8 Å². The first-order chi connectivity index (χ1) is 10.3. The van der Waals surface area contributed by atoms with Gasteiger partial charge in [0, 0.05) is 19.3 Å². The van der Waals surface area contributed by atoms with Crippen LogP contribution in [0.4, 0.5) is 17.2 Å². The summed E-state index contributed by atoms with van der Waals surface area (Å²) in [6.07, 6.45) is 2.22. The van der Waals surface area contributed by atoms with Gasteiger partial charge < -0.3 is 27.1 Å². The Bertz CT molecular complexity index is 585. The molecular formula is C14H22N6O2. The number of rotatable bonds is 5. The van der Waals surface area contributed by atoms with Crippen LogP contribution in [0.3, 0.4) is 0 Å². The first-order valence-corrected chi connectivity index (χ1v) is 6.96. The van der Waals surface area contributed by atoms with E-state index in [0.717, 1.165) is 6.21 Å². The number of nitrogens with one attached hydrogen (secondary N) is 2. The maximum absolute atomic E-state index is 12.1. The van der Waals surface area contributed by atoms with Crippen LogP contribution in [-0.4, -0.2) is 41.0 Å². The van der Waals surface area contributed by atoms with E-state index in [0.29, 0.717) is 13.1 Å². The second kappa shape index (κ2) is 7.39. The van der Waals surface area contributed by atoms with Crippen molar-refractivity contribution in [2.75, 3.05) is 29.9 Å². The normalized spacial score (nSPS) is 10.4. The molecule has 6 N–H and O–H groups in total. The number of nitrogens with two attached hydrogens (primary N) is 2. The van der Waals surface area contributed by atoms with Crippen LogP contribution >= 0.6 is 0 Å². The Hall–Kier alpha value is -2.64. The summed E-state index contributed by atoms with van der Waals surface area (Å²) < 4.78 is 0. The zero-order valence-electron chi connectivity index (χ0n) is 13.0. The first kappa shape index (κ1) is 17.4. The van der Waals surface area contributed by atoms with Gasteiger partial charge in [0.25, 0.3) is 0 Å². The zero-order valence-corrected chi connectivity index (χ0v) is 13.0. The minimum Gasteiger partial charge on any atom is -0.396 e. The number of carbonyl (C=O) groups is 2. The molecule has 120 valence electrons. The third kappa shape index (κ3) is 3.94. The number of aromatic nitrogens is 1. The zero-order chi connectivity index (χ0) is 16.9. The average molecular weight is 306 g/mol. The molecule has 1 heterocycles. The van der Waals surface area contributed by atoms with E-state index in [1.54, 1.807) is 6.92 Å². The minimum atomic E-state index is -0.795. The van der Waals surface area contributed by atoms with Crippen LogP contribution in [0.2, 0.25) is 0 Å². The molecule has 1 aromatic rings. The van der Waals surface area contributed by atoms with Gasteiger partial charge >= 0.3 is 11.8 Å². The molecule has 0 aliphatic rings. The lowest BCUT2D eigenvalue weighted by molar-refractivity contribution is -0.143. The Morgan fingerprint density at radius 1 is 1.45 bits per heavy atom. The monoisotopic (exact) mass is 306 g/mol. The van der Waals surface area contributed by atoms with Gasteiger partial charge in [0.1, 0.15) is 5.82 Å². The standard InChI is InChI=1S/C14H22N6O2/c1-4-20(7-8(2)3)14(22)13(21)19-10-6-18-12(17)9(5-15)11(10)16/h5-6,8,15H,4,7H2,1-3H3,(H,19,21)(H4,16,17,18). The van der Waals surface area contributed by atoms with Crippen LogP contribution < -0.4 is 16.8 Å². The molecule has 0 atom stereocenters. The predicted molar refractivity (Wildman–Crippen MR) is 86.7 cm³/mol. The number of hydrogen-bond donors (Lipinski definition) is 4. The summed E-state index contributed by atoms with van der Waals surface area (Å²) in [5, 5.41) is 9.67. The van der Waals surface area contributed by atoms with Gasteiger partial charge in [-0.3, -0.25) is 9.59 Å². The van der Waals surface area contributed by atoms with E-state index in [1.807, 2.05) is 13.8 Å². The van der Waals surface area contributed by atoms with Crippen LogP contribution in [0.25, 0.3) is 0 Å². The van der Waals surface area contributed by atoms with Gasteiger partial charge in [0.15, 0.2) is 0 Å². The van der Waals surface area contributed by atoms with Crippen LogP contribution in [0, 0.1) is 11.3 Å². The third-order valence-electron chi connectivity index (χ3n) is 3.03. The van der Waals surface area contributed by atoms with Gasteiger partial charge in [0.05, 0.1) is 23.1 Å². The number of amides is 2. The first-order valence-electron chi connectivity index (χ1n) is 6.96. The molecule has 0 fully saturated rings. The van der Waals surface area contributed by atoms with Crippen LogP contribution in [0.5, 0.6) is 0 Å². The van der Waals surface area contributed by atoms with E-state index in [9.17, 15) is 9.59 Å². The summed E-state index contributed by atoms with van der Waals surface area (Å²) in [5.41, 5.74) is 11.9. The van der Waals surface area contributed by atoms with Crippen molar-refractivity contribution >= 4 is 35.2 Å². The number of carbonyl (C=O) groups excluding carboxylic acids is 2. The van der Waals surface area contributed by atoms with Crippen molar-refractivity contribution in [1.29, 1.82) is 5.41 Å². The Labute approximate surface area is 129 Å². The predicted octanol–water partition coefficient (Wildman–Crippen LogP) is 0.687. The minimum absolute atomic E-state index is 0.0896. The summed E-state index contributed by atoms with van der Waals surface area (Å²) in [5.74, 6) is -1.09. The Kier molecular flexibility index (Phi) is 5.85. The number of anilines is 3. The van der Waals surface area contributed by atoms with E-state index in [-0.39, 0.29) is 28.7 Å². The molecule has 1 aromatic heterocycles. The third-order valence-corrected chi connectivity index (χ3v) is 3.03. The lowest BCUT2D eigenvalue weighted by Crippen LogP contribution is -2.41. The number of nitrogen functional groups attached to an aromatic ring is 2. The molecule has 8 nitrogen and oxygen atoms in total. The number of pyridine rings is 1. The molecule has 0 unspecified atom stereocenters. The summed E-state index contributed by atoms with van der Waals surface area (Å²) in [6.45, 7) is 6.66. The van der Waals surface area contributed by atoms with Crippen molar-refractivity contribution in [3.63, 3.8) is 0 Å². The molecule has 0 radical (unpaired) electrons. The summed E-state index contributed by atoms with van der Waals surface area (Å²) >= 11 is 0. The highest BCUT2D eigenvalue weighted by Crippen LogP contribution is 2.24. The summed E-state index contributed by atoms with van der Waals surface area (Å²) in [7, 11) is 0. The second-order valence-corrected chi connectivity index (χ2v) is 5.22. The second-order valence-electron chi connectivity index (χ2n) is 5.22. The fraction of sp³-hybridized carbons (Fsp3) is 0.429. The number of nitrogens with zero attached hydrogens (tertiary/aromatic N) is 2. The van der Waals surface area contributed by atoms with Crippen LogP contribution in [0.1, 0.15) is 26.3 Å². The van der Waals surface area contributed by atoms with Gasteiger partial charge in [-0.2, -0.15) is 0 Å². The summed E-state index contributed by atoms with van der Waals surface area (Å²) in [6, 6.07) is 0. The Morgan fingerprint density at radius 2 is 2.09 bits per heavy atom. The Morgan fingerprint density at radius 3 is 2.59 bits per heavy atom. The van der Waals surface area contributed by atoms with Crippen LogP contribution in [0.15, 0.2) is 6.20 Å². The van der Waals surface area contributed by atoms with Crippen molar-refractivity contribution in [3.8, 4) is 0 Å². The highest BCUT2D eigenvalue weighted by Gasteiger charge is 2.22.